The van der Waals surface area contributed by atoms with E-state index in [0.717, 1.165) is 68.3 Å². The van der Waals surface area contributed by atoms with E-state index < -0.39 is 17.1 Å². The van der Waals surface area contributed by atoms with Gasteiger partial charge in [0.25, 0.3) is 11.3 Å². The first-order valence-corrected chi connectivity index (χ1v) is 11.7. The molecule has 5 rings (SSSR count). The van der Waals surface area contributed by atoms with Crippen LogP contribution in [0.15, 0.2) is 35.5 Å². The molecule has 33 heavy (non-hydrogen) atoms. The minimum absolute atomic E-state index is 0.127. The van der Waals surface area contributed by atoms with Gasteiger partial charge in [0.05, 0.1) is 18.2 Å². The summed E-state index contributed by atoms with van der Waals surface area (Å²) >= 11 is 0. The number of carbonyl (C=O) groups is 1. The lowest BCUT2D eigenvalue weighted by molar-refractivity contribution is 0.0941. The van der Waals surface area contributed by atoms with Gasteiger partial charge in [-0.2, -0.15) is 5.10 Å². The van der Waals surface area contributed by atoms with Crippen LogP contribution in [0.5, 0.6) is 11.5 Å². The molecule has 1 amide bonds. The Balaban J connectivity index is 1.55. The lowest BCUT2D eigenvalue weighted by Crippen LogP contribution is -2.35. The predicted octanol–water partition coefficient (Wildman–Crippen LogP) is 2.85. The van der Waals surface area contributed by atoms with Crippen LogP contribution in [0.25, 0.3) is 11.0 Å². The van der Waals surface area contributed by atoms with Gasteiger partial charge in [-0.15, -0.1) is 0 Å². The zero-order valence-corrected chi connectivity index (χ0v) is 18.6. The second-order valence-electron chi connectivity index (χ2n) is 9.25. The van der Waals surface area contributed by atoms with Crippen molar-refractivity contribution in [2.45, 2.75) is 58.0 Å². The standard InChI is InChI=1S/C24H29N5O4/c30-18-14-29-16-24(8-2-3-9-24)15-28-12-7-17-19(6-11-25-22(17)28)33-13-5-1-4-10-26-23(32)20(27-29)21(18)31/h6-7,11-12,14,30H,1-5,8-10,13,15-16H2,(H,26,32). The molecule has 3 aromatic heterocycles. The summed E-state index contributed by atoms with van der Waals surface area (Å²) in [5.41, 5.74) is -0.237. The third-order valence-corrected chi connectivity index (χ3v) is 6.82. The number of nitrogens with zero attached hydrogens (tertiary/aromatic N) is 4. The van der Waals surface area contributed by atoms with Crippen molar-refractivity contribution in [1.82, 2.24) is 24.6 Å². The lowest BCUT2D eigenvalue weighted by Gasteiger charge is -2.30. The Morgan fingerprint density at radius 3 is 2.76 bits per heavy atom. The van der Waals surface area contributed by atoms with Gasteiger partial charge < -0.3 is 19.7 Å². The fourth-order valence-electron chi connectivity index (χ4n) is 5.14. The van der Waals surface area contributed by atoms with E-state index in [1.54, 1.807) is 10.9 Å². The SMILES string of the molecule is O=C1NCCCCCOc2ccnc3c2ccn3CC2(CCCC2)Cn2cc(O)c(=O)c1n2. The number of fused-ring (bicyclic) bond motifs is 2. The molecule has 9 heteroatoms. The molecule has 1 saturated carbocycles. The number of pyridine rings is 1. The summed E-state index contributed by atoms with van der Waals surface area (Å²) in [7, 11) is 0. The first-order valence-electron chi connectivity index (χ1n) is 11.7. The van der Waals surface area contributed by atoms with Crippen molar-refractivity contribution in [3.8, 4) is 11.5 Å². The second-order valence-corrected chi connectivity index (χ2v) is 9.25. The Morgan fingerprint density at radius 1 is 1.06 bits per heavy atom. The molecule has 1 spiro atoms. The molecule has 3 aromatic rings. The Hall–Kier alpha value is -3.36. The van der Waals surface area contributed by atoms with Crippen molar-refractivity contribution in [2.75, 3.05) is 13.2 Å². The maximum Gasteiger partial charge on any atom is 0.275 e. The van der Waals surface area contributed by atoms with Gasteiger partial charge in [0.1, 0.15) is 11.4 Å². The van der Waals surface area contributed by atoms with E-state index in [9.17, 15) is 14.7 Å². The highest BCUT2D eigenvalue weighted by Gasteiger charge is 2.36. The van der Waals surface area contributed by atoms with Crippen LogP contribution in [0.2, 0.25) is 0 Å². The number of hydrogen-bond donors (Lipinski definition) is 2. The van der Waals surface area contributed by atoms with Crippen molar-refractivity contribution in [1.29, 1.82) is 0 Å². The summed E-state index contributed by atoms with van der Waals surface area (Å²) in [5.74, 6) is -0.161. The number of ether oxygens (including phenoxy) is 1. The molecule has 2 N–H and O–H groups in total. The van der Waals surface area contributed by atoms with Gasteiger partial charge in [-0.25, -0.2) is 4.98 Å². The van der Waals surface area contributed by atoms with Gasteiger partial charge in [-0.1, -0.05) is 12.8 Å². The van der Waals surface area contributed by atoms with Crippen molar-refractivity contribution >= 4 is 16.9 Å². The summed E-state index contributed by atoms with van der Waals surface area (Å²) in [5, 5.41) is 18.4. The van der Waals surface area contributed by atoms with E-state index in [4.69, 9.17) is 4.74 Å². The van der Waals surface area contributed by atoms with E-state index in [1.165, 1.54) is 6.20 Å². The summed E-state index contributed by atoms with van der Waals surface area (Å²) < 4.78 is 9.77. The molecule has 9 nitrogen and oxygen atoms in total. The number of amides is 1. The second kappa shape index (κ2) is 8.88. The Kier molecular flexibility index (Phi) is 5.78. The number of hydrogen-bond acceptors (Lipinski definition) is 6. The zero-order valence-electron chi connectivity index (χ0n) is 18.6. The quantitative estimate of drug-likeness (QED) is 0.544. The van der Waals surface area contributed by atoms with Crippen molar-refractivity contribution < 1.29 is 14.6 Å². The fourth-order valence-corrected chi connectivity index (χ4v) is 5.14. The van der Waals surface area contributed by atoms with E-state index in [-0.39, 0.29) is 11.1 Å². The van der Waals surface area contributed by atoms with E-state index >= 15 is 0 Å². The molecule has 1 aliphatic carbocycles. The Morgan fingerprint density at radius 2 is 1.91 bits per heavy atom. The highest BCUT2D eigenvalue weighted by atomic mass is 16.5. The van der Waals surface area contributed by atoms with Gasteiger partial charge in [0, 0.05) is 37.4 Å². The molecule has 2 aliphatic rings. The first kappa shape index (κ1) is 21.5. The van der Waals surface area contributed by atoms with E-state index in [1.807, 2.05) is 12.3 Å². The fraction of sp³-hybridized carbons (Fsp3) is 0.500. The van der Waals surface area contributed by atoms with Gasteiger partial charge in [0.2, 0.25) is 0 Å². The van der Waals surface area contributed by atoms with Crippen LogP contribution in [-0.2, 0) is 13.1 Å². The summed E-state index contributed by atoms with van der Waals surface area (Å²) in [6.45, 7) is 2.24. The van der Waals surface area contributed by atoms with Gasteiger partial charge >= 0.3 is 0 Å². The van der Waals surface area contributed by atoms with Crippen LogP contribution in [0.3, 0.4) is 0 Å². The number of rotatable bonds is 0. The minimum atomic E-state index is -0.736. The summed E-state index contributed by atoms with van der Waals surface area (Å²) in [6, 6.07) is 3.96. The third-order valence-electron chi connectivity index (χ3n) is 6.82. The van der Waals surface area contributed by atoms with Crippen LogP contribution in [0, 0.1) is 5.41 Å². The molecule has 1 aliphatic heterocycles. The van der Waals surface area contributed by atoms with Crippen molar-refractivity contribution in [2.24, 2.45) is 5.41 Å². The van der Waals surface area contributed by atoms with Gasteiger partial charge in [0.15, 0.2) is 11.4 Å². The molecule has 4 heterocycles. The van der Waals surface area contributed by atoms with E-state index in [0.29, 0.717) is 19.7 Å². The molecule has 174 valence electrons. The maximum atomic E-state index is 12.6. The molecular weight excluding hydrogens is 422 g/mol. The monoisotopic (exact) mass is 451 g/mol. The molecule has 0 atom stereocenters. The molecule has 0 unspecified atom stereocenters. The Bertz CT molecular complexity index is 1230. The molecule has 0 saturated heterocycles. The number of aromatic hydroxyl groups is 1. The largest absolute Gasteiger partial charge is 0.503 e. The number of nitrogens with one attached hydrogen (secondary N) is 1. The maximum absolute atomic E-state index is 12.6. The molecule has 0 radical (unpaired) electrons. The highest BCUT2D eigenvalue weighted by Crippen LogP contribution is 2.42. The zero-order chi connectivity index (χ0) is 22.8. The average molecular weight is 452 g/mol. The highest BCUT2D eigenvalue weighted by molar-refractivity contribution is 5.92. The van der Waals surface area contributed by atoms with Crippen molar-refractivity contribution in [3.63, 3.8) is 0 Å². The number of aromatic nitrogens is 4. The first-order chi connectivity index (χ1) is 16.0. The topological polar surface area (TPSA) is 111 Å². The van der Waals surface area contributed by atoms with Crippen LogP contribution in [0.4, 0.5) is 0 Å². The smallest absolute Gasteiger partial charge is 0.275 e. The van der Waals surface area contributed by atoms with Crippen LogP contribution >= 0.6 is 0 Å². The summed E-state index contributed by atoms with van der Waals surface area (Å²) in [4.78, 5) is 29.7. The van der Waals surface area contributed by atoms with Gasteiger partial charge in [-0.3, -0.25) is 14.3 Å². The number of carbonyl (C=O) groups excluding carboxylic acids is 1. The summed E-state index contributed by atoms with van der Waals surface area (Å²) in [6.07, 6.45) is 11.8. The molecule has 0 aromatic carbocycles. The van der Waals surface area contributed by atoms with Crippen molar-refractivity contribution in [3.05, 3.63) is 46.6 Å². The minimum Gasteiger partial charge on any atom is -0.503 e. The molecule has 1 fully saturated rings. The molecule has 6 bridgehead atoms. The predicted molar refractivity (Wildman–Crippen MR) is 122 cm³/mol. The average Bonchev–Trinajstić information content (AvgIpc) is 3.43. The van der Waals surface area contributed by atoms with Crippen LogP contribution in [-0.4, -0.2) is 43.5 Å². The molecular formula is C24H29N5O4. The normalized spacial score (nSPS) is 19.2. The lowest BCUT2D eigenvalue weighted by atomic mass is 9.86. The third kappa shape index (κ3) is 4.31. The van der Waals surface area contributed by atoms with Crippen LogP contribution < -0.4 is 15.5 Å². The van der Waals surface area contributed by atoms with E-state index in [2.05, 4.69) is 26.0 Å². The van der Waals surface area contributed by atoms with Gasteiger partial charge in [-0.05, 0) is 44.2 Å². The van der Waals surface area contributed by atoms with Crippen LogP contribution in [0.1, 0.15) is 55.4 Å². The Labute approximate surface area is 191 Å².